The largest absolute Gasteiger partial charge is 0.479 e. The lowest BCUT2D eigenvalue weighted by molar-refractivity contribution is -0.160. The minimum Gasteiger partial charge on any atom is -0.479 e. The second-order valence-electron chi connectivity index (χ2n) is 8.59. The van der Waals surface area contributed by atoms with Crippen molar-refractivity contribution in [2.45, 2.75) is 50.7 Å². The molecule has 0 heterocycles. The fraction of sp³-hybridized carbons (Fsp3) is 0.400. The molecule has 2 aliphatic rings. The molecule has 3 atom stereocenters. The van der Waals surface area contributed by atoms with E-state index in [4.69, 9.17) is 14.7 Å². The molecular weight excluding hydrogens is 424 g/mol. The van der Waals surface area contributed by atoms with Gasteiger partial charge in [-0.25, -0.2) is 15.1 Å². The van der Waals surface area contributed by atoms with Gasteiger partial charge >= 0.3 is 12.1 Å². The van der Waals surface area contributed by atoms with Crippen LogP contribution in [0.4, 0.5) is 4.79 Å². The van der Waals surface area contributed by atoms with Gasteiger partial charge in [-0.3, -0.25) is 9.63 Å². The van der Waals surface area contributed by atoms with E-state index in [1.54, 1.807) is 0 Å². The van der Waals surface area contributed by atoms with Crippen molar-refractivity contribution < 1.29 is 29.1 Å². The number of carbonyl (C=O) groups excluding carboxylic acids is 2. The van der Waals surface area contributed by atoms with Crippen molar-refractivity contribution >= 4 is 18.0 Å². The highest BCUT2D eigenvalue weighted by Crippen LogP contribution is 2.44. The minimum absolute atomic E-state index is 0.0126. The molecule has 1 unspecified atom stereocenters. The Bertz CT molecular complexity index is 994. The summed E-state index contributed by atoms with van der Waals surface area (Å²) in [5.74, 6) is -1.91. The molecule has 0 bridgehead atoms. The quantitative estimate of drug-likeness (QED) is 0.553. The molecule has 2 aliphatic carbocycles. The van der Waals surface area contributed by atoms with Crippen LogP contribution in [0.3, 0.4) is 0 Å². The third-order valence-electron chi connectivity index (χ3n) is 6.39. The monoisotopic (exact) mass is 452 g/mol. The SMILES string of the molecule is CC(ONC(=O)[C@@H]1CCC[C@H](NC(=O)OCC2c3ccccc3-c3ccccc32)C1)C(=O)O. The highest BCUT2D eigenvalue weighted by atomic mass is 16.7. The maximum atomic E-state index is 12.5. The second-order valence-corrected chi connectivity index (χ2v) is 8.59. The summed E-state index contributed by atoms with van der Waals surface area (Å²) >= 11 is 0. The predicted molar refractivity (Wildman–Crippen MR) is 120 cm³/mol. The summed E-state index contributed by atoms with van der Waals surface area (Å²) in [7, 11) is 0. The molecule has 1 saturated carbocycles. The molecule has 2 aromatic rings. The number of hydroxylamine groups is 1. The van der Waals surface area contributed by atoms with E-state index in [-0.39, 0.29) is 30.4 Å². The number of hydrogen-bond donors (Lipinski definition) is 3. The third kappa shape index (κ3) is 5.17. The van der Waals surface area contributed by atoms with E-state index in [2.05, 4.69) is 35.1 Å². The van der Waals surface area contributed by atoms with Gasteiger partial charge in [0.25, 0.3) is 0 Å². The highest BCUT2D eigenvalue weighted by molar-refractivity contribution is 5.80. The van der Waals surface area contributed by atoms with Crippen molar-refractivity contribution in [3.63, 3.8) is 0 Å². The summed E-state index contributed by atoms with van der Waals surface area (Å²) in [6.07, 6.45) is 0.979. The van der Waals surface area contributed by atoms with Crippen LogP contribution in [-0.4, -0.2) is 41.8 Å². The molecule has 174 valence electrons. The van der Waals surface area contributed by atoms with E-state index in [1.165, 1.54) is 18.1 Å². The Hall–Kier alpha value is -3.39. The van der Waals surface area contributed by atoms with Crippen LogP contribution in [0.25, 0.3) is 11.1 Å². The first-order chi connectivity index (χ1) is 15.9. The molecule has 2 aromatic carbocycles. The molecule has 3 N–H and O–H groups in total. The first-order valence-electron chi connectivity index (χ1n) is 11.2. The maximum absolute atomic E-state index is 12.5. The summed E-state index contributed by atoms with van der Waals surface area (Å²) in [5, 5.41) is 11.7. The van der Waals surface area contributed by atoms with Crippen LogP contribution in [-0.2, 0) is 19.2 Å². The van der Waals surface area contributed by atoms with Crippen LogP contribution in [0.2, 0.25) is 0 Å². The van der Waals surface area contributed by atoms with Crippen molar-refractivity contribution in [3.8, 4) is 11.1 Å². The summed E-state index contributed by atoms with van der Waals surface area (Å²) in [6.45, 7) is 1.57. The average molecular weight is 453 g/mol. The van der Waals surface area contributed by atoms with Crippen molar-refractivity contribution in [1.82, 2.24) is 10.8 Å². The second kappa shape index (κ2) is 10.0. The first-order valence-corrected chi connectivity index (χ1v) is 11.2. The smallest absolute Gasteiger partial charge is 0.407 e. The van der Waals surface area contributed by atoms with E-state index < -0.39 is 18.2 Å². The molecule has 0 spiro atoms. The number of carboxylic acids is 1. The van der Waals surface area contributed by atoms with Gasteiger partial charge in [-0.2, -0.15) is 0 Å². The average Bonchev–Trinajstić information content (AvgIpc) is 3.15. The van der Waals surface area contributed by atoms with Gasteiger partial charge in [0.05, 0.1) is 0 Å². The normalized spacial score (nSPS) is 20.3. The lowest BCUT2D eigenvalue weighted by Crippen LogP contribution is -2.43. The molecule has 0 aliphatic heterocycles. The van der Waals surface area contributed by atoms with Gasteiger partial charge in [0.15, 0.2) is 6.10 Å². The molecule has 8 nitrogen and oxygen atoms in total. The van der Waals surface area contributed by atoms with Gasteiger partial charge in [-0.1, -0.05) is 55.0 Å². The number of rotatable bonds is 7. The summed E-state index contributed by atoms with van der Waals surface area (Å²) in [5.41, 5.74) is 6.86. The number of benzene rings is 2. The summed E-state index contributed by atoms with van der Waals surface area (Å²) < 4.78 is 5.60. The minimum atomic E-state index is -1.16. The van der Waals surface area contributed by atoms with Gasteiger partial charge in [0.2, 0.25) is 5.91 Å². The molecular formula is C25H28N2O6. The van der Waals surface area contributed by atoms with Crippen LogP contribution in [0.15, 0.2) is 48.5 Å². The van der Waals surface area contributed by atoms with Crippen LogP contribution in [0.1, 0.15) is 49.7 Å². The molecule has 0 aromatic heterocycles. The number of carbonyl (C=O) groups is 3. The number of hydrogen-bond acceptors (Lipinski definition) is 5. The Morgan fingerprint density at radius 3 is 2.30 bits per heavy atom. The standard InChI is InChI=1S/C25H28N2O6/c1-15(24(29)30)33-27-23(28)16-7-6-8-17(13-16)26-25(31)32-14-22-20-11-4-2-9-18(20)19-10-3-5-12-21(19)22/h2-5,9-12,15-17,22H,6-8,13-14H2,1H3,(H,26,31)(H,27,28)(H,29,30)/t15?,16-,17+/m1/s1. The zero-order valence-corrected chi connectivity index (χ0v) is 18.5. The van der Waals surface area contributed by atoms with E-state index >= 15 is 0 Å². The van der Waals surface area contributed by atoms with Gasteiger partial charge in [0, 0.05) is 17.9 Å². The fourth-order valence-corrected chi connectivity index (χ4v) is 4.65. The summed E-state index contributed by atoms with van der Waals surface area (Å²) in [6, 6.07) is 16.1. The van der Waals surface area contributed by atoms with Gasteiger partial charge < -0.3 is 15.2 Å². The number of alkyl carbamates (subject to hydrolysis) is 1. The van der Waals surface area contributed by atoms with Gasteiger partial charge in [-0.05, 0) is 48.4 Å². The molecule has 0 radical (unpaired) electrons. The van der Waals surface area contributed by atoms with Crippen LogP contribution in [0.5, 0.6) is 0 Å². The van der Waals surface area contributed by atoms with Crippen LogP contribution in [0, 0.1) is 5.92 Å². The van der Waals surface area contributed by atoms with Gasteiger partial charge in [-0.15, -0.1) is 0 Å². The van der Waals surface area contributed by atoms with Crippen molar-refractivity contribution in [2.24, 2.45) is 5.92 Å². The fourth-order valence-electron chi connectivity index (χ4n) is 4.65. The number of nitrogens with one attached hydrogen (secondary N) is 2. The Labute approximate surface area is 192 Å². The molecule has 2 amide bonds. The van der Waals surface area contributed by atoms with Crippen LogP contribution >= 0.6 is 0 Å². The lowest BCUT2D eigenvalue weighted by Gasteiger charge is -2.29. The number of ether oxygens (including phenoxy) is 1. The zero-order valence-electron chi connectivity index (χ0n) is 18.5. The lowest BCUT2D eigenvalue weighted by atomic mass is 9.85. The number of aliphatic carboxylic acids is 1. The van der Waals surface area contributed by atoms with E-state index in [0.717, 1.165) is 24.0 Å². The summed E-state index contributed by atoms with van der Waals surface area (Å²) in [4.78, 5) is 40.5. The van der Waals surface area contributed by atoms with Gasteiger partial charge in [0.1, 0.15) is 6.61 Å². The number of amides is 2. The van der Waals surface area contributed by atoms with Crippen molar-refractivity contribution in [3.05, 3.63) is 59.7 Å². The Balaban J connectivity index is 1.30. The van der Waals surface area contributed by atoms with Crippen molar-refractivity contribution in [1.29, 1.82) is 0 Å². The Morgan fingerprint density at radius 2 is 1.67 bits per heavy atom. The van der Waals surface area contributed by atoms with E-state index in [0.29, 0.717) is 12.8 Å². The van der Waals surface area contributed by atoms with Crippen LogP contribution < -0.4 is 10.8 Å². The zero-order chi connectivity index (χ0) is 23.4. The Morgan fingerprint density at radius 1 is 1.03 bits per heavy atom. The molecule has 33 heavy (non-hydrogen) atoms. The first kappa shape index (κ1) is 22.8. The molecule has 4 rings (SSSR count). The number of fused-ring (bicyclic) bond motifs is 3. The van der Waals surface area contributed by atoms with E-state index in [1.807, 2.05) is 24.3 Å². The third-order valence-corrected chi connectivity index (χ3v) is 6.39. The molecule has 0 saturated heterocycles. The molecule has 1 fully saturated rings. The Kier molecular flexibility index (Phi) is 6.93. The molecule has 8 heteroatoms. The predicted octanol–water partition coefficient (Wildman–Crippen LogP) is 3.60. The highest BCUT2D eigenvalue weighted by Gasteiger charge is 2.31. The topological polar surface area (TPSA) is 114 Å². The van der Waals surface area contributed by atoms with E-state index in [9.17, 15) is 14.4 Å². The number of carboxylic acid groups (broad SMARTS) is 1. The maximum Gasteiger partial charge on any atom is 0.407 e. The van der Waals surface area contributed by atoms with Crippen molar-refractivity contribution in [2.75, 3.05) is 6.61 Å².